The monoisotopic (exact) mass is 324 g/mol. The summed E-state index contributed by atoms with van der Waals surface area (Å²) in [5, 5.41) is 5.63. The van der Waals surface area contributed by atoms with Gasteiger partial charge in [-0.2, -0.15) is 0 Å². The van der Waals surface area contributed by atoms with Crippen LogP contribution in [0.2, 0.25) is 0 Å². The van der Waals surface area contributed by atoms with Crippen LogP contribution in [0.4, 0.5) is 0 Å². The van der Waals surface area contributed by atoms with Gasteiger partial charge in [0.1, 0.15) is 0 Å². The van der Waals surface area contributed by atoms with E-state index in [0.29, 0.717) is 0 Å². The van der Waals surface area contributed by atoms with Crippen LogP contribution in [-0.4, -0.2) is 11.8 Å². The maximum atomic E-state index is 12.2. The SMILES string of the molecule is CC[C@H](NC(=O)C(=O)N[C@H](CC)c1ccccc1)c1ccccc1. The Labute approximate surface area is 143 Å². The predicted molar refractivity (Wildman–Crippen MR) is 95.2 cm³/mol. The quantitative estimate of drug-likeness (QED) is 0.799. The number of carbonyl (C=O) groups is 2. The van der Waals surface area contributed by atoms with Gasteiger partial charge in [0.2, 0.25) is 0 Å². The van der Waals surface area contributed by atoms with E-state index in [0.717, 1.165) is 24.0 Å². The number of rotatable bonds is 6. The van der Waals surface area contributed by atoms with Gasteiger partial charge in [-0.3, -0.25) is 9.59 Å². The highest BCUT2D eigenvalue weighted by Gasteiger charge is 2.21. The molecule has 2 atom stereocenters. The Balaban J connectivity index is 1.99. The van der Waals surface area contributed by atoms with E-state index in [9.17, 15) is 9.59 Å². The van der Waals surface area contributed by atoms with Crippen molar-refractivity contribution < 1.29 is 9.59 Å². The Morgan fingerprint density at radius 3 is 1.33 bits per heavy atom. The van der Waals surface area contributed by atoms with Gasteiger partial charge in [0.05, 0.1) is 12.1 Å². The van der Waals surface area contributed by atoms with E-state index in [1.54, 1.807) is 0 Å². The van der Waals surface area contributed by atoms with E-state index in [1.807, 2.05) is 74.5 Å². The molecule has 0 aromatic heterocycles. The van der Waals surface area contributed by atoms with Crippen molar-refractivity contribution in [1.29, 1.82) is 0 Å². The molecule has 0 bridgehead atoms. The third kappa shape index (κ3) is 4.69. The summed E-state index contributed by atoms with van der Waals surface area (Å²) in [5.74, 6) is -1.19. The lowest BCUT2D eigenvalue weighted by molar-refractivity contribution is -0.140. The molecule has 2 rings (SSSR count). The van der Waals surface area contributed by atoms with E-state index in [1.165, 1.54) is 0 Å². The molecule has 0 aliphatic heterocycles. The lowest BCUT2D eigenvalue weighted by Crippen LogP contribution is -2.42. The van der Waals surface area contributed by atoms with Gasteiger partial charge in [0.25, 0.3) is 0 Å². The average molecular weight is 324 g/mol. The molecule has 126 valence electrons. The molecular formula is C20H24N2O2. The largest absolute Gasteiger partial charge is 0.341 e. The van der Waals surface area contributed by atoms with Crippen molar-refractivity contribution in [3.63, 3.8) is 0 Å². The standard InChI is InChI=1S/C20H24N2O2/c1-3-17(15-11-7-5-8-12-15)21-19(23)20(24)22-18(4-2)16-13-9-6-10-14-16/h5-14,17-18H,3-4H2,1-2H3,(H,21,23)(H,22,24)/t17-,18+. The summed E-state index contributed by atoms with van der Waals surface area (Å²) in [6.07, 6.45) is 1.44. The first-order valence-corrected chi connectivity index (χ1v) is 8.37. The molecule has 0 fully saturated rings. The third-order valence-corrected chi connectivity index (χ3v) is 4.04. The number of hydrogen-bond acceptors (Lipinski definition) is 2. The summed E-state index contributed by atoms with van der Waals surface area (Å²) in [5.41, 5.74) is 1.99. The van der Waals surface area contributed by atoms with Gasteiger partial charge in [-0.1, -0.05) is 74.5 Å². The van der Waals surface area contributed by atoms with Gasteiger partial charge in [-0.05, 0) is 24.0 Å². The summed E-state index contributed by atoms with van der Waals surface area (Å²) >= 11 is 0. The van der Waals surface area contributed by atoms with E-state index < -0.39 is 11.8 Å². The maximum Gasteiger partial charge on any atom is 0.309 e. The number of hydrogen-bond donors (Lipinski definition) is 2. The van der Waals surface area contributed by atoms with Crippen LogP contribution >= 0.6 is 0 Å². The van der Waals surface area contributed by atoms with Gasteiger partial charge in [0, 0.05) is 0 Å². The minimum Gasteiger partial charge on any atom is -0.341 e. The van der Waals surface area contributed by atoms with Crippen molar-refractivity contribution in [1.82, 2.24) is 10.6 Å². The Kier molecular flexibility index (Phi) is 6.55. The molecule has 0 spiro atoms. The molecule has 0 heterocycles. The average Bonchev–Trinajstić information content (AvgIpc) is 2.65. The van der Waals surface area contributed by atoms with Crippen LogP contribution in [0.15, 0.2) is 60.7 Å². The van der Waals surface area contributed by atoms with Crippen LogP contribution in [0.3, 0.4) is 0 Å². The molecule has 0 aliphatic carbocycles. The summed E-state index contributed by atoms with van der Waals surface area (Å²) in [6.45, 7) is 3.96. The molecule has 2 aromatic carbocycles. The fourth-order valence-corrected chi connectivity index (χ4v) is 2.66. The molecule has 4 heteroatoms. The second-order valence-corrected chi connectivity index (χ2v) is 5.69. The van der Waals surface area contributed by atoms with Crippen LogP contribution < -0.4 is 10.6 Å². The summed E-state index contributed by atoms with van der Waals surface area (Å²) in [7, 11) is 0. The first kappa shape index (κ1) is 17.7. The molecule has 0 saturated heterocycles. The number of carbonyl (C=O) groups excluding carboxylic acids is 2. The minimum atomic E-state index is -0.597. The Hall–Kier alpha value is -2.62. The van der Waals surface area contributed by atoms with Crippen LogP contribution in [0, 0.1) is 0 Å². The second-order valence-electron chi connectivity index (χ2n) is 5.69. The predicted octanol–water partition coefficient (Wildman–Crippen LogP) is 3.52. The number of benzene rings is 2. The summed E-state index contributed by atoms with van der Waals surface area (Å²) in [6, 6.07) is 19.0. The van der Waals surface area contributed by atoms with E-state index in [-0.39, 0.29) is 12.1 Å². The van der Waals surface area contributed by atoms with Crippen LogP contribution in [-0.2, 0) is 9.59 Å². The summed E-state index contributed by atoms with van der Waals surface area (Å²) in [4.78, 5) is 24.5. The van der Waals surface area contributed by atoms with Crippen molar-refractivity contribution in [2.24, 2.45) is 0 Å². The molecule has 4 nitrogen and oxygen atoms in total. The van der Waals surface area contributed by atoms with Crippen molar-refractivity contribution in [2.45, 2.75) is 38.8 Å². The molecule has 2 aromatic rings. The lowest BCUT2D eigenvalue weighted by atomic mass is 10.0. The van der Waals surface area contributed by atoms with Crippen molar-refractivity contribution in [2.75, 3.05) is 0 Å². The highest BCUT2D eigenvalue weighted by molar-refractivity contribution is 6.35. The van der Waals surface area contributed by atoms with E-state index in [2.05, 4.69) is 10.6 Å². The molecule has 2 N–H and O–H groups in total. The first-order valence-electron chi connectivity index (χ1n) is 8.37. The third-order valence-electron chi connectivity index (χ3n) is 4.04. The normalized spacial score (nSPS) is 12.9. The molecule has 24 heavy (non-hydrogen) atoms. The van der Waals surface area contributed by atoms with Gasteiger partial charge in [0.15, 0.2) is 0 Å². The van der Waals surface area contributed by atoms with Gasteiger partial charge in [-0.25, -0.2) is 0 Å². The van der Waals surface area contributed by atoms with Crippen molar-refractivity contribution >= 4 is 11.8 Å². The molecule has 0 radical (unpaired) electrons. The zero-order valence-corrected chi connectivity index (χ0v) is 14.2. The van der Waals surface area contributed by atoms with Gasteiger partial charge in [-0.15, -0.1) is 0 Å². The minimum absolute atomic E-state index is 0.166. The lowest BCUT2D eigenvalue weighted by Gasteiger charge is -2.20. The molecule has 0 aliphatic rings. The van der Waals surface area contributed by atoms with Crippen LogP contribution in [0.5, 0.6) is 0 Å². The van der Waals surface area contributed by atoms with Gasteiger partial charge >= 0.3 is 11.8 Å². The zero-order valence-electron chi connectivity index (χ0n) is 14.2. The topological polar surface area (TPSA) is 58.2 Å². The molecule has 0 saturated carbocycles. The fourth-order valence-electron chi connectivity index (χ4n) is 2.66. The first-order chi connectivity index (χ1) is 11.7. The summed E-state index contributed by atoms with van der Waals surface area (Å²) < 4.78 is 0. The van der Waals surface area contributed by atoms with Crippen LogP contribution in [0.25, 0.3) is 0 Å². The highest BCUT2D eigenvalue weighted by atomic mass is 16.2. The Morgan fingerprint density at radius 2 is 1.04 bits per heavy atom. The van der Waals surface area contributed by atoms with Crippen molar-refractivity contribution in [3.05, 3.63) is 71.8 Å². The number of nitrogens with one attached hydrogen (secondary N) is 2. The second kappa shape index (κ2) is 8.87. The van der Waals surface area contributed by atoms with Gasteiger partial charge < -0.3 is 10.6 Å². The Bertz CT molecular complexity index is 596. The number of amides is 2. The molecule has 0 unspecified atom stereocenters. The van der Waals surface area contributed by atoms with E-state index in [4.69, 9.17) is 0 Å². The molecule has 2 amide bonds. The highest BCUT2D eigenvalue weighted by Crippen LogP contribution is 2.17. The molecular weight excluding hydrogens is 300 g/mol. The Morgan fingerprint density at radius 1 is 0.708 bits per heavy atom. The smallest absolute Gasteiger partial charge is 0.309 e. The van der Waals surface area contributed by atoms with E-state index >= 15 is 0 Å². The zero-order chi connectivity index (χ0) is 17.4. The van der Waals surface area contributed by atoms with Crippen LogP contribution in [0.1, 0.15) is 49.9 Å². The fraction of sp³-hybridized carbons (Fsp3) is 0.300. The maximum absolute atomic E-state index is 12.2. The van der Waals surface area contributed by atoms with Crippen molar-refractivity contribution in [3.8, 4) is 0 Å².